The summed E-state index contributed by atoms with van der Waals surface area (Å²) in [5, 5.41) is 9.20. The second kappa shape index (κ2) is 7.49. The lowest BCUT2D eigenvalue weighted by molar-refractivity contribution is 0.411. The van der Waals surface area contributed by atoms with E-state index in [0.717, 1.165) is 0 Å². The molecule has 1 N–H and O–H groups in total. The minimum atomic E-state index is -0.277. The first-order valence-corrected chi connectivity index (χ1v) is 6.03. The van der Waals surface area contributed by atoms with Crippen LogP contribution in [0.1, 0.15) is 0 Å². The van der Waals surface area contributed by atoms with Crippen molar-refractivity contribution in [1.82, 2.24) is 19.9 Å². The highest BCUT2D eigenvalue weighted by Gasteiger charge is 2.06. The van der Waals surface area contributed by atoms with Crippen molar-refractivity contribution in [2.45, 2.75) is 0 Å². The van der Waals surface area contributed by atoms with Gasteiger partial charge in [0.2, 0.25) is 0 Å². The molecule has 2 rings (SSSR count). The molecule has 0 aliphatic heterocycles. The lowest BCUT2D eigenvalue weighted by atomic mass is 10.6. The number of aromatic hydroxyl groups is 1. The fraction of sp³-hybridized carbons (Fsp3) is 0.111. The summed E-state index contributed by atoms with van der Waals surface area (Å²) < 4.78 is 4.79. The van der Waals surface area contributed by atoms with E-state index in [4.69, 9.17) is 56.2 Å². The normalized spacial score (nSPS) is 9.53. The van der Waals surface area contributed by atoms with Gasteiger partial charge in [-0.15, -0.1) is 0 Å². The quantitative estimate of drug-likeness (QED) is 0.800. The molecule has 0 saturated carbocycles. The Kier molecular flexibility index (Phi) is 6.30. The molecule has 102 valence electrons. The SMILES string of the molecule is COc1c(Cl)ncnc1Cl.Oc1c(Cl)ncnc1Cl. The van der Waals surface area contributed by atoms with Crippen LogP contribution in [0.2, 0.25) is 20.6 Å². The van der Waals surface area contributed by atoms with Crippen molar-refractivity contribution in [3.8, 4) is 11.5 Å². The Morgan fingerprint density at radius 2 is 1.21 bits per heavy atom. The second-order valence-corrected chi connectivity index (χ2v) is 4.22. The summed E-state index contributed by atoms with van der Waals surface area (Å²) in [4.78, 5) is 14.2. The Balaban J connectivity index is 0.000000191. The summed E-state index contributed by atoms with van der Waals surface area (Å²) in [6.45, 7) is 0. The van der Waals surface area contributed by atoms with Crippen LogP contribution in [-0.4, -0.2) is 32.2 Å². The fourth-order valence-electron chi connectivity index (χ4n) is 0.839. The number of aromatic nitrogens is 4. The molecule has 0 aliphatic carbocycles. The van der Waals surface area contributed by atoms with Crippen molar-refractivity contribution in [3.05, 3.63) is 33.3 Å². The largest absolute Gasteiger partial charge is 0.503 e. The number of rotatable bonds is 1. The smallest absolute Gasteiger partial charge is 0.193 e. The number of ether oxygens (including phenoxy) is 1. The van der Waals surface area contributed by atoms with Crippen LogP contribution in [0.15, 0.2) is 12.7 Å². The summed E-state index contributed by atoms with van der Waals surface area (Å²) in [6.07, 6.45) is 2.44. The summed E-state index contributed by atoms with van der Waals surface area (Å²) in [7, 11) is 1.45. The van der Waals surface area contributed by atoms with Gasteiger partial charge < -0.3 is 9.84 Å². The Morgan fingerprint density at radius 3 is 1.47 bits per heavy atom. The van der Waals surface area contributed by atoms with Gasteiger partial charge in [-0.25, -0.2) is 19.9 Å². The third-order valence-electron chi connectivity index (χ3n) is 1.65. The average molecular weight is 344 g/mol. The Bertz CT molecular complexity index is 529. The zero-order valence-corrected chi connectivity index (χ0v) is 12.3. The van der Waals surface area contributed by atoms with Gasteiger partial charge in [0.25, 0.3) is 0 Å². The predicted molar refractivity (Wildman–Crippen MR) is 72.3 cm³/mol. The van der Waals surface area contributed by atoms with E-state index in [1.54, 1.807) is 0 Å². The van der Waals surface area contributed by atoms with Crippen LogP contribution < -0.4 is 4.74 Å². The molecule has 0 amide bonds. The first-order chi connectivity index (χ1) is 8.97. The minimum Gasteiger partial charge on any atom is -0.503 e. The Labute approximate surface area is 128 Å². The lowest BCUT2D eigenvalue weighted by Crippen LogP contribution is -1.89. The summed E-state index contributed by atoms with van der Waals surface area (Å²) in [5.41, 5.74) is 0. The van der Waals surface area contributed by atoms with E-state index in [-0.39, 0.29) is 26.4 Å². The molecule has 10 heteroatoms. The van der Waals surface area contributed by atoms with Gasteiger partial charge in [0.05, 0.1) is 7.11 Å². The van der Waals surface area contributed by atoms with Crippen molar-refractivity contribution in [3.63, 3.8) is 0 Å². The monoisotopic (exact) mass is 342 g/mol. The fourth-order valence-corrected chi connectivity index (χ4v) is 1.62. The van der Waals surface area contributed by atoms with E-state index in [0.29, 0.717) is 5.75 Å². The Hall–Kier alpha value is -1.08. The zero-order chi connectivity index (χ0) is 14.4. The van der Waals surface area contributed by atoms with Crippen LogP contribution in [0.5, 0.6) is 11.5 Å². The highest BCUT2D eigenvalue weighted by molar-refractivity contribution is 6.36. The number of nitrogens with zero attached hydrogens (tertiary/aromatic N) is 4. The molecular weight excluding hydrogens is 338 g/mol. The molecule has 0 atom stereocenters. The third kappa shape index (κ3) is 4.50. The topological polar surface area (TPSA) is 81.0 Å². The summed E-state index contributed by atoms with van der Waals surface area (Å²) >= 11 is 21.8. The first kappa shape index (κ1) is 16.0. The molecule has 2 aromatic heterocycles. The van der Waals surface area contributed by atoms with E-state index in [2.05, 4.69) is 19.9 Å². The molecule has 0 unspecified atom stereocenters. The van der Waals surface area contributed by atoms with Crippen molar-refractivity contribution >= 4 is 46.4 Å². The van der Waals surface area contributed by atoms with E-state index in [9.17, 15) is 0 Å². The van der Waals surface area contributed by atoms with Gasteiger partial charge in [-0.2, -0.15) is 0 Å². The molecule has 0 bridgehead atoms. The van der Waals surface area contributed by atoms with Crippen LogP contribution >= 0.6 is 46.4 Å². The van der Waals surface area contributed by atoms with E-state index < -0.39 is 0 Å². The highest BCUT2D eigenvalue weighted by Crippen LogP contribution is 2.27. The van der Waals surface area contributed by atoms with Gasteiger partial charge in [0.15, 0.2) is 32.1 Å². The maximum Gasteiger partial charge on any atom is 0.193 e. The van der Waals surface area contributed by atoms with Crippen LogP contribution in [0, 0.1) is 0 Å². The summed E-state index contributed by atoms with van der Waals surface area (Å²) in [5.74, 6) is 0.0340. The molecule has 0 radical (unpaired) electrons. The van der Waals surface area contributed by atoms with Gasteiger partial charge in [0.1, 0.15) is 12.7 Å². The van der Waals surface area contributed by atoms with Gasteiger partial charge in [-0.3, -0.25) is 0 Å². The number of hydrogen-bond donors (Lipinski definition) is 1. The standard InChI is InChI=1S/C5H4Cl2N2O.C4H2Cl2N2O/c1-10-3-4(6)8-2-9-5(3)7;5-3-2(9)4(6)8-1-7-3/h2H,1H3;1,9H. The van der Waals surface area contributed by atoms with Gasteiger partial charge in [-0.05, 0) is 0 Å². The van der Waals surface area contributed by atoms with Crippen molar-refractivity contribution < 1.29 is 9.84 Å². The molecule has 0 spiro atoms. The van der Waals surface area contributed by atoms with E-state index in [1.807, 2.05) is 0 Å². The molecule has 0 fully saturated rings. The van der Waals surface area contributed by atoms with E-state index >= 15 is 0 Å². The molecular formula is C9H6Cl4N4O2. The minimum absolute atomic E-state index is 0.0324. The Morgan fingerprint density at radius 1 is 0.842 bits per heavy atom. The maximum absolute atomic E-state index is 8.82. The van der Waals surface area contributed by atoms with Gasteiger partial charge >= 0.3 is 0 Å². The first-order valence-electron chi connectivity index (χ1n) is 4.52. The third-order valence-corrected chi connectivity index (χ3v) is 2.75. The second-order valence-electron chi connectivity index (χ2n) is 2.79. The molecule has 2 aromatic rings. The average Bonchev–Trinajstić information content (AvgIpc) is 2.37. The molecule has 6 nitrogen and oxygen atoms in total. The number of hydrogen-bond acceptors (Lipinski definition) is 6. The van der Waals surface area contributed by atoms with E-state index in [1.165, 1.54) is 19.8 Å². The van der Waals surface area contributed by atoms with Crippen LogP contribution in [0.25, 0.3) is 0 Å². The molecule has 19 heavy (non-hydrogen) atoms. The van der Waals surface area contributed by atoms with Crippen molar-refractivity contribution in [2.24, 2.45) is 0 Å². The maximum atomic E-state index is 8.82. The van der Waals surface area contributed by atoms with Crippen LogP contribution in [0.3, 0.4) is 0 Å². The molecule has 0 aliphatic rings. The number of methoxy groups -OCH3 is 1. The number of halogens is 4. The van der Waals surface area contributed by atoms with Crippen LogP contribution in [-0.2, 0) is 0 Å². The van der Waals surface area contributed by atoms with Crippen molar-refractivity contribution in [2.75, 3.05) is 7.11 Å². The zero-order valence-electron chi connectivity index (χ0n) is 9.31. The molecule has 0 saturated heterocycles. The molecule has 0 aromatic carbocycles. The molecule has 2 heterocycles. The summed E-state index contributed by atoms with van der Waals surface area (Å²) in [6, 6.07) is 0. The van der Waals surface area contributed by atoms with Gasteiger partial charge in [-0.1, -0.05) is 46.4 Å². The highest BCUT2D eigenvalue weighted by atomic mass is 35.5. The van der Waals surface area contributed by atoms with Crippen LogP contribution in [0.4, 0.5) is 0 Å². The predicted octanol–water partition coefficient (Wildman–Crippen LogP) is 3.28. The van der Waals surface area contributed by atoms with Crippen molar-refractivity contribution in [1.29, 1.82) is 0 Å². The van der Waals surface area contributed by atoms with Gasteiger partial charge in [0, 0.05) is 0 Å². The lowest BCUT2D eigenvalue weighted by Gasteiger charge is -2.00.